The van der Waals surface area contributed by atoms with E-state index in [1.54, 1.807) is 4.90 Å². The number of nitriles is 1. The molecule has 18 heavy (non-hydrogen) atoms. The number of rotatable bonds is 1. The Kier molecular flexibility index (Phi) is 3.19. The molecule has 0 saturated carbocycles. The number of carbonyl (C=O) groups excluding carboxylic acids is 1. The lowest BCUT2D eigenvalue weighted by atomic mass is 9.82. The van der Waals surface area contributed by atoms with E-state index >= 15 is 0 Å². The Morgan fingerprint density at radius 1 is 1.56 bits per heavy atom. The highest BCUT2D eigenvalue weighted by atomic mass is 16.3. The quantitative estimate of drug-likeness (QED) is 0.814. The highest BCUT2D eigenvalue weighted by Gasteiger charge is 2.32. The molecule has 1 N–H and O–H groups in total. The van der Waals surface area contributed by atoms with Crippen molar-refractivity contribution >= 4 is 5.91 Å². The third-order valence-corrected chi connectivity index (χ3v) is 3.45. The van der Waals surface area contributed by atoms with E-state index in [0.29, 0.717) is 25.9 Å². The van der Waals surface area contributed by atoms with Crippen LogP contribution in [0.5, 0.6) is 5.75 Å². The zero-order valence-electron chi connectivity index (χ0n) is 10.3. The van der Waals surface area contributed by atoms with E-state index in [0.717, 1.165) is 0 Å². The summed E-state index contributed by atoms with van der Waals surface area (Å²) in [5, 5.41) is 18.6. The van der Waals surface area contributed by atoms with E-state index in [2.05, 4.69) is 11.1 Å². The number of aromatic nitrogens is 1. The zero-order chi connectivity index (χ0) is 13.2. The summed E-state index contributed by atoms with van der Waals surface area (Å²) in [6.45, 7) is 3.01. The Hall–Kier alpha value is -2.09. The van der Waals surface area contributed by atoms with Crippen LogP contribution in [-0.4, -0.2) is 34.0 Å². The van der Waals surface area contributed by atoms with Crippen molar-refractivity contribution in [2.45, 2.75) is 19.8 Å². The predicted octanol–water partition coefficient (Wildman–Crippen LogP) is 1.55. The molecule has 0 aromatic carbocycles. The monoisotopic (exact) mass is 245 g/mol. The molecule has 0 radical (unpaired) electrons. The molecule has 1 amide bonds. The molecule has 1 fully saturated rings. The van der Waals surface area contributed by atoms with Crippen molar-refractivity contribution in [3.63, 3.8) is 0 Å². The lowest BCUT2D eigenvalue weighted by Crippen LogP contribution is -2.41. The molecule has 5 heteroatoms. The highest BCUT2D eigenvalue weighted by Crippen LogP contribution is 2.31. The summed E-state index contributed by atoms with van der Waals surface area (Å²) < 4.78 is 0. The number of hydrogen-bond donors (Lipinski definition) is 1. The van der Waals surface area contributed by atoms with Gasteiger partial charge < -0.3 is 10.0 Å². The predicted molar refractivity (Wildman–Crippen MR) is 64.8 cm³/mol. The maximum Gasteiger partial charge on any atom is 0.257 e. The van der Waals surface area contributed by atoms with Crippen LogP contribution in [0.3, 0.4) is 0 Å². The number of amides is 1. The van der Waals surface area contributed by atoms with Gasteiger partial charge in [-0.2, -0.15) is 5.26 Å². The fourth-order valence-corrected chi connectivity index (χ4v) is 2.05. The van der Waals surface area contributed by atoms with Crippen molar-refractivity contribution in [3.8, 4) is 11.8 Å². The molecule has 0 aliphatic carbocycles. The van der Waals surface area contributed by atoms with Gasteiger partial charge in [0.1, 0.15) is 5.75 Å². The van der Waals surface area contributed by atoms with E-state index in [4.69, 9.17) is 5.26 Å². The Morgan fingerprint density at radius 3 is 2.78 bits per heavy atom. The summed E-state index contributed by atoms with van der Waals surface area (Å²) in [7, 11) is 0. The third-order valence-electron chi connectivity index (χ3n) is 3.45. The van der Waals surface area contributed by atoms with Gasteiger partial charge in [-0.05, 0) is 25.8 Å². The molecule has 1 aromatic heterocycles. The first-order chi connectivity index (χ1) is 8.56. The molecule has 5 nitrogen and oxygen atoms in total. The minimum Gasteiger partial charge on any atom is -0.505 e. The van der Waals surface area contributed by atoms with E-state index < -0.39 is 0 Å². The smallest absolute Gasteiger partial charge is 0.257 e. The number of likely N-dealkylation sites (tertiary alicyclic amines) is 1. The average molecular weight is 245 g/mol. The van der Waals surface area contributed by atoms with Gasteiger partial charge >= 0.3 is 0 Å². The SMILES string of the molecule is CC1(C#N)CCN(C(=O)c2ccncc2O)CC1. The first kappa shape index (κ1) is 12.4. The Balaban J connectivity index is 2.10. The molecule has 1 aliphatic rings. The van der Waals surface area contributed by atoms with Crippen LogP contribution in [0, 0.1) is 16.7 Å². The van der Waals surface area contributed by atoms with Crippen LogP contribution < -0.4 is 0 Å². The second kappa shape index (κ2) is 4.65. The van der Waals surface area contributed by atoms with Crippen molar-refractivity contribution in [1.29, 1.82) is 5.26 Å². The molecule has 1 saturated heterocycles. The van der Waals surface area contributed by atoms with Crippen LogP contribution in [0.2, 0.25) is 0 Å². The summed E-state index contributed by atoms with van der Waals surface area (Å²) in [6.07, 6.45) is 4.08. The highest BCUT2D eigenvalue weighted by molar-refractivity contribution is 5.96. The first-order valence-electron chi connectivity index (χ1n) is 5.89. The molecule has 2 heterocycles. The van der Waals surface area contributed by atoms with Gasteiger partial charge in [0.15, 0.2) is 0 Å². The molecule has 0 bridgehead atoms. The van der Waals surface area contributed by atoms with Gasteiger partial charge in [-0.3, -0.25) is 9.78 Å². The number of piperidine rings is 1. The lowest BCUT2D eigenvalue weighted by Gasteiger charge is -2.35. The minimum atomic E-state index is -0.336. The third kappa shape index (κ3) is 2.28. The van der Waals surface area contributed by atoms with E-state index in [-0.39, 0.29) is 22.6 Å². The topological polar surface area (TPSA) is 77.2 Å². The Bertz CT molecular complexity index is 499. The van der Waals surface area contributed by atoms with Crippen molar-refractivity contribution in [2.24, 2.45) is 5.41 Å². The first-order valence-corrected chi connectivity index (χ1v) is 5.89. The maximum atomic E-state index is 12.2. The average Bonchev–Trinajstić information content (AvgIpc) is 2.39. The van der Waals surface area contributed by atoms with Crippen LogP contribution in [0.25, 0.3) is 0 Å². The summed E-state index contributed by atoms with van der Waals surface area (Å²) in [4.78, 5) is 17.6. The number of carbonyl (C=O) groups is 1. The van der Waals surface area contributed by atoms with Crippen LogP contribution in [0.15, 0.2) is 18.5 Å². The molecular formula is C13H15N3O2. The molecule has 0 unspecified atom stereocenters. The van der Waals surface area contributed by atoms with Gasteiger partial charge in [-0.15, -0.1) is 0 Å². The molecular weight excluding hydrogens is 230 g/mol. The molecule has 1 aromatic rings. The second-order valence-electron chi connectivity index (χ2n) is 4.86. The van der Waals surface area contributed by atoms with Gasteiger partial charge in [-0.25, -0.2) is 0 Å². The van der Waals surface area contributed by atoms with E-state index in [1.807, 2.05) is 6.92 Å². The van der Waals surface area contributed by atoms with Gasteiger partial charge in [0.25, 0.3) is 5.91 Å². The molecule has 1 aliphatic heterocycles. The van der Waals surface area contributed by atoms with E-state index in [9.17, 15) is 9.90 Å². The van der Waals surface area contributed by atoms with Crippen LogP contribution in [0.4, 0.5) is 0 Å². The fourth-order valence-electron chi connectivity index (χ4n) is 2.05. The molecule has 2 rings (SSSR count). The molecule has 94 valence electrons. The van der Waals surface area contributed by atoms with Crippen molar-refractivity contribution in [1.82, 2.24) is 9.88 Å². The zero-order valence-corrected chi connectivity index (χ0v) is 10.3. The summed E-state index contributed by atoms with van der Waals surface area (Å²) >= 11 is 0. The number of pyridine rings is 1. The van der Waals surface area contributed by atoms with Crippen molar-refractivity contribution in [2.75, 3.05) is 13.1 Å². The normalized spacial score (nSPS) is 18.1. The summed E-state index contributed by atoms with van der Waals surface area (Å²) in [5.41, 5.74) is -0.0672. The van der Waals surface area contributed by atoms with Gasteiger partial charge in [0, 0.05) is 19.3 Å². The minimum absolute atomic E-state index is 0.101. The van der Waals surface area contributed by atoms with Crippen LogP contribution >= 0.6 is 0 Å². The second-order valence-corrected chi connectivity index (χ2v) is 4.86. The van der Waals surface area contributed by atoms with Gasteiger partial charge in [-0.1, -0.05) is 0 Å². The van der Waals surface area contributed by atoms with Crippen LogP contribution in [-0.2, 0) is 0 Å². The lowest BCUT2D eigenvalue weighted by molar-refractivity contribution is 0.0658. The fraction of sp³-hybridized carbons (Fsp3) is 0.462. The molecule has 0 atom stereocenters. The Morgan fingerprint density at radius 2 is 2.22 bits per heavy atom. The Labute approximate surface area is 106 Å². The largest absolute Gasteiger partial charge is 0.505 e. The van der Waals surface area contributed by atoms with Crippen LogP contribution in [0.1, 0.15) is 30.1 Å². The molecule has 0 spiro atoms. The van der Waals surface area contributed by atoms with Crippen molar-refractivity contribution in [3.05, 3.63) is 24.0 Å². The van der Waals surface area contributed by atoms with Crippen molar-refractivity contribution < 1.29 is 9.90 Å². The number of hydrogen-bond acceptors (Lipinski definition) is 4. The summed E-state index contributed by atoms with van der Waals surface area (Å²) in [5.74, 6) is -0.300. The van der Waals surface area contributed by atoms with Gasteiger partial charge in [0.2, 0.25) is 0 Å². The standard InChI is InChI=1S/C13H15N3O2/c1-13(9-14)3-6-16(7-4-13)12(18)10-2-5-15-8-11(10)17/h2,5,8,17H,3-4,6-7H2,1H3. The maximum absolute atomic E-state index is 12.2. The van der Waals surface area contributed by atoms with Gasteiger partial charge in [0.05, 0.1) is 23.2 Å². The number of aromatic hydroxyl groups is 1. The number of nitrogens with zero attached hydrogens (tertiary/aromatic N) is 3. The summed E-state index contributed by atoms with van der Waals surface area (Å²) in [6, 6.07) is 3.80. The van der Waals surface area contributed by atoms with E-state index in [1.165, 1.54) is 18.5 Å².